The van der Waals surface area contributed by atoms with Gasteiger partial charge in [-0.05, 0) is 0 Å². The van der Waals surface area contributed by atoms with Gasteiger partial charge in [-0.3, -0.25) is 14.4 Å². The van der Waals surface area contributed by atoms with Gasteiger partial charge in [0.1, 0.15) is 9.52 Å². The average Bonchev–Trinajstić information content (AvgIpc) is 1.99. The molecule has 7 heteroatoms. The highest BCUT2D eigenvalue weighted by molar-refractivity contribution is 6.39. The third-order valence-corrected chi connectivity index (χ3v) is 3.29. The van der Waals surface area contributed by atoms with Crippen LogP contribution in [0.25, 0.3) is 0 Å². The van der Waals surface area contributed by atoms with Gasteiger partial charge < -0.3 is 16.0 Å². The zero-order chi connectivity index (χ0) is 12.1. The van der Waals surface area contributed by atoms with E-state index < -0.39 is 14.9 Å². The second-order valence-electron chi connectivity index (χ2n) is 3.30. The Morgan fingerprint density at radius 1 is 0.867 bits per heavy atom. The summed E-state index contributed by atoms with van der Waals surface area (Å²) in [7, 11) is -0.903. The topological polar surface area (TPSA) is 87.3 Å². The first-order valence-electron chi connectivity index (χ1n) is 4.67. The molecule has 0 rings (SSSR count). The van der Waals surface area contributed by atoms with Crippen molar-refractivity contribution in [3.8, 4) is 0 Å². The highest BCUT2D eigenvalue weighted by Crippen LogP contribution is 1.94. The zero-order valence-corrected chi connectivity index (χ0v) is 10.8. The fraction of sp³-hybridized carbons (Fsp3) is 0.625. The van der Waals surface area contributed by atoms with Crippen molar-refractivity contribution < 1.29 is 14.4 Å². The molecule has 0 heterocycles. The predicted octanol–water partition coefficient (Wildman–Crippen LogP) is -1.78. The Bertz CT molecular complexity index is 240. The van der Waals surface area contributed by atoms with Crippen LogP contribution < -0.4 is 16.0 Å². The number of carbonyl (C=O) groups excluding carboxylic acids is 3. The number of hydrogen-bond donors (Lipinski definition) is 3. The van der Waals surface area contributed by atoms with Gasteiger partial charge in [0.15, 0.2) is 5.41 Å². The Morgan fingerprint density at radius 3 is 1.27 bits per heavy atom. The Hall–Kier alpha value is -1.37. The van der Waals surface area contributed by atoms with E-state index in [9.17, 15) is 14.4 Å². The molecule has 3 N–H and O–H groups in total. The van der Waals surface area contributed by atoms with Crippen molar-refractivity contribution in [1.82, 2.24) is 16.0 Å². The molecule has 0 radical (unpaired) electrons. The van der Waals surface area contributed by atoms with Gasteiger partial charge in [0.25, 0.3) is 0 Å². The van der Waals surface area contributed by atoms with Gasteiger partial charge in [0, 0.05) is 20.8 Å². The highest BCUT2D eigenvalue weighted by atomic mass is 28.2. The van der Waals surface area contributed by atoms with E-state index in [4.69, 9.17) is 0 Å². The van der Waals surface area contributed by atoms with Crippen molar-refractivity contribution in [3.05, 3.63) is 0 Å². The van der Waals surface area contributed by atoms with Crippen LogP contribution in [0.15, 0.2) is 0 Å². The summed E-state index contributed by atoms with van der Waals surface area (Å²) in [5.41, 5.74) is -1.05. The minimum atomic E-state index is -1.05. The number of nitrogens with one attached hydrogen (secondary N) is 3. The molecule has 0 saturated carbocycles. The Labute approximate surface area is 91.0 Å². The molecule has 0 aliphatic rings. The summed E-state index contributed by atoms with van der Waals surface area (Å²) in [5, 5.41) is 7.69. The van der Waals surface area contributed by atoms with Crippen LogP contribution in [-0.2, 0) is 14.4 Å². The maximum Gasteiger partial charge on any atom is 0.219 e. The molecule has 0 aliphatic carbocycles. The minimum absolute atomic E-state index is 0.299. The molecule has 0 bridgehead atoms. The highest BCUT2D eigenvalue weighted by Gasteiger charge is 2.30. The van der Waals surface area contributed by atoms with Gasteiger partial charge in [-0.1, -0.05) is 6.55 Å². The second kappa shape index (κ2) is 5.49. The van der Waals surface area contributed by atoms with Crippen LogP contribution in [0.4, 0.5) is 0 Å². The lowest BCUT2D eigenvalue weighted by molar-refractivity contribution is -0.126. The van der Waals surface area contributed by atoms with Crippen molar-refractivity contribution in [3.63, 3.8) is 0 Å². The lowest BCUT2D eigenvalue weighted by Gasteiger charge is -2.34. The van der Waals surface area contributed by atoms with Gasteiger partial charge in [0.2, 0.25) is 17.7 Å². The van der Waals surface area contributed by atoms with Crippen LogP contribution in [0.1, 0.15) is 20.8 Å². The van der Waals surface area contributed by atoms with E-state index in [2.05, 4.69) is 16.0 Å². The first-order chi connectivity index (χ1) is 6.81. The smallest absolute Gasteiger partial charge is 0.219 e. The number of amides is 3. The molecule has 0 atom stereocenters. The molecule has 0 unspecified atom stereocenters. The van der Waals surface area contributed by atoms with Crippen molar-refractivity contribution in [2.45, 2.75) is 32.7 Å². The lowest BCUT2D eigenvalue weighted by Crippen LogP contribution is -2.72. The van der Waals surface area contributed by atoms with E-state index in [1.54, 1.807) is 0 Å². The molecule has 86 valence electrons. The van der Waals surface area contributed by atoms with E-state index in [-0.39, 0.29) is 17.7 Å². The van der Waals surface area contributed by atoms with Crippen LogP contribution in [-0.4, -0.2) is 32.7 Å². The molecule has 0 saturated heterocycles. The van der Waals surface area contributed by atoms with E-state index >= 15 is 0 Å². The molecule has 0 aliphatic heterocycles. The Balaban J connectivity index is 4.81. The largest absolute Gasteiger partial charge is 0.321 e. The monoisotopic (exact) mass is 231 g/mol. The summed E-state index contributed by atoms with van der Waals surface area (Å²) in [5.74, 6) is -0.898. The normalized spacial score (nSPS) is 11.2. The third kappa shape index (κ3) is 5.16. The number of carbonyl (C=O) groups is 3. The van der Waals surface area contributed by atoms with E-state index in [1.165, 1.54) is 20.8 Å². The van der Waals surface area contributed by atoms with Crippen molar-refractivity contribution >= 4 is 27.2 Å². The average molecular weight is 231 g/mol. The van der Waals surface area contributed by atoms with Crippen LogP contribution in [0.2, 0.25) is 6.55 Å². The summed E-state index contributed by atoms with van der Waals surface area (Å²) < 4.78 is 0. The maximum atomic E-state index is 11.0. The van der Waals surface area contributed by atoms with Gasteiger partial charge >= 0.3 is 0 Å². The molecular formula is C8H17N3O3Si. The molecule has 15 heavy (non-hydrogen) atoms. The maximum absolute atomic E-state index is 11.0. The molecule has 0 spiro atoms. The molecule has 0 aromatic rings. The Kier molecular flexibility index (Phi) is 4.99. The Morgan fingerprint density at radius 2 is 1.13 bits per heavy atom. The lowest BCUT2D eigenvalue weighted by atomic mass is 10.5. The van der Waals surface area contributed by atoms with Crippen LogP contribution in [0, 0.1) is 0 Å². The van der Waals surface area contributed by atoms with Crippen molar-refractivity contribution in [1.29, 1.82) is 0 Å². The van der Waals surface area contributed by atoms with E-state index in [0.717, 1.165) is 0 Å². The summed E-state index contributed by atoms with van der Waals surface area (Å²) in [6, 6.07) is 0. The van der Waals surface area contributed by atoms with Crippen LogP contribution in [0.5, 0.6) is 0 Å². The van der Waals surface area contributed by atoms with Crippen molar-refractivity contribution in [2.75, 3.05) is 0 Å². The second-order valence-corrected chi connectivity index (χ2v) is 5.07. The molecule has 0 aromatic carbocycles. The van der Waals surface area contributed by atoms with Gasteiger partial charge in [-0.15, -0.1) is 0 Å². The van der Waals surface area contributed by atoms with Crippen molar-refractivity contribution in [2.24, 2.45) is 0 Å². The number of rotatable bonds is 4. The summed E-state index contributed by atoms with van der Waals surface area (Å²) >= 11 is 0. The molecule has 6 nitrogen and oxygen atoms in total. The standard InChI is InChI=1S/C8H17N3O3Si/c1-5(12)9-8(15-4,10-6(2)13)11-7(3)14/h15H2,1-4H3,(H,9,12)(H,10,13)(H,11,14). The SMILES string of the molecule is C[SiH2]C(NC(C)=O)(NC(C)=O)NC(C)=O. The number of hydrogen-bond acceptors (Lipinski definition) is 3. The molecule has 3 amide bonds. The third-order valence-electron chi connectivity index (χ3n) is 1.70. The fourth-order valence-electron chi connectivity index (χ4n) is 1.26. The molecule has 0 fully saturated rings. The zero-order valence-electron chi connectivity index (χ0n) is 9.43. The fourth-order valence-corrected chi connectivity index (χ4v) is 2.54. The van der Waals surface area contributed by atoms with Gasteiger partial charge in [-0.25, -0.2) is 0 Å². The van der Waals surface area contributed by atoms with Gasteiger partial charge in [-0.2, -0.15) is 0 Å². The molecule has 0 aromatic heterocycles. The predicted molar refractivity (Wildman–Crippen MR) is 58.6 cm³/mol. The summed E-state index contributed by atoms with van der Waals surface area (Å²) in [6.45, 7) is 5.88. The first-order valence-corrected chi connectivity index (χ1v) is 6.79. The summed E-state index contributed by atoms with van der Waals surface area (Å²) in [4.78, 5) is 33.0. The van der Waals surface area contributed by atoms with Crippen LogP contribution in [0.3, 0.4) is 0 Å². The first kappa shape index (κ1) is 13.6. The summed E-state index contributed by atoms with van der Waals surface area (Å²) in [6.07, 6.45) is 0. The quantitative estimate of drug-likeness (QED) is 0.395. The van der Waals surface area contributed by atoms with Gasteiger partial charge in [0.05, 0.1) is 0 Å². The van der Waals surface area contributed by atoms with Crippen LogP contribution >= 0.6 is 0 Å². The van der Waals surface area contributed by atoms with E-state index in [1.807, 2.05) is 6.55 Å². The van der Waals surface area contributed by atoms with E-state index in [0.29, 0.717) is 0 Å². The molecular weight excluding hydrogens is 214 g/mol. The minimum Gasteiger partial charge on any atom is -0.321 e.